The van der Waals surface area contributed by atoms with Crippen LogP contribution in [0.2, 0.25) is 0 Å². The predicted octanol–water partition coefficient (Wildman–Crippen LogP) is 5.32. The molecule has 0 aliphatic carbocycles. The second-order valence-electron chi connectivity index (χ2n) is 8.66. The number of nitrogens with zero attached hydrogens (tertiary/aromatic N) is 2. The van der Waals surface area contributed by atoms with Crippen LogP contribution < -0.4 is 5.32 Å². The quantitative estimate of drug-likeness (QED) is 0.531. The number of nitro benzene ring substituents is 1. The molecule has 0 bridgehead atoms. The number of likely N-dealkylation sites (tertiary alicyclic amines) is 1. The van der Waals surface area contributed by atoms with E-state index >= 15 is 0 Å². The molecule has 3 rings (SSSR count). The van der Waals surface area contributed by atoms with Gasteiger partial charge >= 0.3 is 6.09 Å². The zero-order valence-electron chi connectivity index (χ0n) is 17.8. The van der Waals surface area contributed by atoms with Gasteiger partial charge in [-0.15, -0.1) is 0 Å². The van der Waals surface area contributed by atoms with E-state index in [0.717, 1.165) is 30.6 Å². The number of benzene rings is 2. The first-order valence-corrected chi connectivity index (χ1v) is 10.3. The van der Waals surface area contributed by atoms with Gasteiger partial charge in [-0.25, -0.2) is 4.79 Å². The number of anilines is 1. The highest BCUT2D eigenvalue weighted by molar-refractivity contribution is 5.68. The van der Waals surface area contributed by atoms with Gasteiger partial charge in [-0.05, 0) is 56.9 Å². The van der Waals surface area contributed by atoms with Crippen molar-refractivity contribution in [2.24, 2.45) is 0 Å². The molecule has 1 N–H and O–H groups in total. The maximum Gasteiger partial charge on any atom is 0.410 e. The number of piperidine rings is 1. The average molecular weight is 412 g/mol. The second kappa shape index (κ2) is 9.15. The van der Waals surface area contributed by atoms with Crippen molar-refractivity contribution < 1.29 is 14.5 Å². The summed E-state index contributed by atoms with van der Waals surface area (Å²) < 4.78 is 5.51. The molecule has 1 fully saturated rings. The van der Waals surface area contributed by atoms with Gasteiger partial charge in [0.1, 0.15) is 5.60 Å². The molecule has 0 aromatic heterocycles. The molecule has 1 atom stereocenters. The van der Waals surface area contributed by atoms with Crippen molar-refractivity contribution in [2.75, 3.05) is 18.4 Å². The molecular weight excluding hydrogens is 382 g/mol. The molecule has 1 heterocycles. The largest absolute Gasteiger partial charge is 0.444 e. The number of hydrogen-bond acceptors (Lipinski definition) is 5. The van der Waals surface area contributed by atoms with Gasteiger partial charge in [-0.1, -0.05) is 24.3 Å². The zero-order chi connectivity index (χ0) is 21.7. The second-order valence-corrected chi connectivity index (χ2v) is 8.66. The van der Waals surface area contributed by atoms with E-state index in [1.54, 1.807) is 17.0 Å². The third-order valence-electron chi connectivity index (χ3n) is 5.10. The van der Waals surface area contributed by atoms with Crippen molar-refractivity contribution in [3.63, 3.8) is 0 Å². The van der Waals surface area contributed by atoms with E-state index in [9.17, 15) is 14.9 Å². The SMILES string of the molecule is CC(C)(C)OC(=O)N1CCCC(c2ccc(NCc3ccc([N+](=O)[O-])cc3)cc2)C1. The van der Waals surface area contributed by atoms with Crippen molar-refractivity contribution in [1.29, 1.82) is 0 Å². The minimum Gasteiger partial charge on any atom is -0.444 e. The number of non-ortho nitro benzene ring substituents is 1. The summed E-state index contributed by atoms with van der Waals surface area (Å²) in [6.07, 6.45) is 1.77. The number of nitrogens with one attached hydrogen (secondary N) is 1. The highest BCUT2D eigenvalue weighted by atomic mass is 16.6. The minimum atomic E-state index is -0.485. The van der Waals surface area contributed by atoms with Gasteiger partial charge in [-0.3, -0.25) is 10.1 Å². The number of rotatable bonds is 5. The van der Waals surface area contributed by atoms with E-state index in [0.29, 0.717) is 19.0 Å². The molecule has 7 heteroatoms. The number of nitro groups is 1. The molecular formula is C23H29N3O4. The van der Waals surface area contributed by atoms with Crippen molar-refractivity contribution in [2.45, 2.75) is 51.7 Å². The Hall–Kier alpha value is -3.09. The van der Waals surface area contributed by atoms with Gasteiger partial charge in [0.2, 0.25) is 0 Å². The molecule has 0 spiro atoms. The normalized spacial score (nSPS) is 16.8. The molecule has 1 saturated heterocycles. The molecule has 2 aromatic rings. The summed E-state index contributed by atoms with van der Waals surface area (Å²) in [6.45, 7) is 7.65. The Bertz CT molecular complexity index is 873. The van der Waals surface area contributed by atoms with Gasteiger partial charge in [-0.2, -0.15) is 0 Å². The van der Waals surface area contributed by atoms with E-state index in [-0.39, 0.29) is 11.8 Å². The summed E-state index contributed by atoms with van der Waals surface area (Å²) >= 11 is 0. The molecule has 0 radical (unpaired) electrons. The first-order chi connectivity index (χ1) is 14.2. The molecule has 1 unspecified atom stereocenters. The van der Waals surface area contributed by atoms with Gasteiger partial charge in [0.15, 0.2) is 0 Å². The van der Waals surface area contributed by atoms with Crippen LogP contribution in [0.15, 0.2) is 48.5 Å². The lowest BCUT2D eigenvalue weighted by Gasteiger charge is -2.34. The fourth-order valence-electron chi connectivity index (χ4n) is 3.55. The summed E-state index contributed by atoms with van der Waals surface area (Å²) in [4.78, 5) is 24.5. The van der Waals surface area contributed by atoms with Crippen molar-refractivity contribution in [3.05, 3.63) is 69.8 Å². The molecule has 1 amide bonds. The van der Waals surface area contributed by atoms with E-state index in [4.69, 9.17) is 4.74 Å². The number of carbonyl (C=O) groups excluding carboxylic acids is 1. The predicted molar refractivity (Wildman–Crippen MR) is 117 cm³/mol. The molecule has 1 aliphatic rings. The lowest BCUT2D eigenvalue weighted by molar-refractivity contribution is -0.384. The zero-order valence-corrected chi connectivity index (χ0v) is 17.8. The van der Waals surface area contributed by atoms with Crippen LogP contribution in [0.4, 0.5) is 16.2 Å². The lowest BCUT2D eigenvalue weighted by atomic mass is 9.90. The molecule has 2 aromatic carbocycles. The van der Waals surface area contributed by atoms with Crippen molar-refractivity contribution in [1.82, 2.24) is 4.90 Å². The van der Waals surface area contributed by atoms with Gasteiger partial charge in [0, 0.05) is 43.4 Å². The summed E-state index contributed by atoms with van der Waals surface area (Å²) in [7, 11) is 0. The molecule has 160 valence electrons. The van der Waals surface area contributed by atoms with Gasteiger partial charge in [0.05, 0.1) is 4.92 Å². The average Bonchev–Trinajstić information content (AvgIpc) is 2.72. The summed E-state index contributed by atoms with van der Waals surface area (Å²) in [5.74, 6) is 0.301. The Morgan fingerprint density at radius 1 is 1.17 bits per heavy atom. The topological polar surface area (TPSA) is 84.7 Å². The smallest absolute Gasteiger partial charge is 0.410 e. The molecule has 7 nitrogen and oxygen atoms in total. The number of hydrogen-bond donors (Lipinski definition) is 1. The van der Waals surface area contributed by atoms with Gasteiger partial charge in [0.25, 0.3) is 5.69 Å². The van der Waals surface area contributed by atoms with Crippen molar-refractivity contribution in [3.8, 4) is 0 Å². The number of ether oxygens (including phenoxy) is 1. The highest BCUT2D eigenvalue weighted by Gasteiger charge is 2.28. The minimum absolute atomic E-state index is 0.0935. The van der Waals surface area contributed by atoms with E-state index < -0.39 is 10.5 Å². The maximum atomic E-state index is 12.4. The first kappa shape index (κ1) is 21.6. The third-order valence-corrected chi connectivity index (χ3v) is 5.10. The Kier molecular flexibility index (Phi) is 6.59. The molecule has 1 aliphatic heterocycles. The maximum absolute atomic E-state index is 12.4. The van der Waals surface area contributed by atoms with Crippen LogP contribution in [-0.4, -0.2) is 34.6 Å². The van der Waals surface area contributed by atoms with Crippen LogP contribution in [0.1, 0.15) is 50.7 Å². The lowest BCUT2D eigenvalue weighted by Crippen LogP contribution is -2.42. The summed E-state index contributed by atoms with van der Waals surface area (Å²) in [5.41, 5.74) is 2.78. The summed E-state index contributed by atoms with van der Waals surface area (Å²) in [6, 6.07) is 14.8. The van der Waals surface area contributed by atoms with Crippen LogP contribution in [0, 0.1) is 10.1 Å². The molecule has 30 heavy (non-hydrogen) atoms. The van der Waals surface area contributed by atoms with E-state index in [1.807, 2.05) is 32.9 Å². The van der Waals surface area contributed by atoms with Crippen LogP contribution in [0.5, 0.6) is 0 Å². The Balaban J connectivity index is 1.55. The Morgan fingerprint density at radius 2 is 1.83 bits per heavy atom. The fourth-order valence-corrected chi connectivity index (χ4v) is 3.55. The number of amides is 1. The fraction of sp³-hybridized carbons (Fsp3) is 0.435. The summed E-state index contributed by atoms with van der Waals surface area (Å²) in [5, 5.41) is 14.1. The van der Waals surface area contributed by atoms with Crippen LogP contribution in [-0.2, 0) is 11.3 Å². The standard InChI is InChI=1S/C23H29N3O4/c1-23(2,3)30-22(27)25-14-4-5-19(16-25)18-8-10-20(11-9-18)24-15-17-6-12-21(13-7-17)26(28)29/h6-13,19,24H,4-5,14-16H2,1-3H3. The number of carbonyl (C=O) groups is 1. The third kappa shape index (κ3) is 5.95. The van der Waals surface area contributed by atoms with Gasteiger partial charge < -0.3 is 15.0 Å². The Morgan fingerprint density at radius 3 is 2.43 bits per heavy atom. The van der Waals surface area contributed by atoms with Crippen LogP contribution in [0.25, 0.3) is 0 Å². The first-order valence-electron chi connectivity index (χ1n) is 10.3. The molecule has 0 saturated carbocycles. The van der Waals surface area contributed by atoms with E-state index in [2.05, 4.69) is 17.4 Å². The van der Waals surface area contributed by atoms with Crippen molar-refractivity contribution >= 4 is 17.5 Å². The van der Waals surface area contributed by atoms with Crippen LogP contribution >= 0.6 is 0 Å². The monoisotopic (exact) mass is 411 g/mol. The Labute approximate surface area is 177 Å². The van der Waals surface area contributed by atoms with E-state index in [1.165, 1.54) is 17.7 Å². The highest BCUT2D eigenvalue weighted by Crippen LogP contribution is 2.29. The van der Waals surface area contributed by atoms with Crippen LogP contribution in [0.3, 0.4) is 0 Å².